The number of alkyl halides is 9. The molecule has 2 aromatic rings. The molecule has 0 saturated carbocycles. The summed E-state index contributed by atoms with van der Waals surface area (Å²) >= 11 is 1.53. The molecule has 3 rings (SSSR count). The van der Waals surface area contributed by atoms with E-state index in [1.807, 2.05) is 12.1 Å². The van der Waals surface area contributed by atoms with Gasteiger partial charge in [-0.2, -0.15) is 39.5 Å². The quantitative estimate of drug-likeness (QED) is 0.267. The van der Waals surface area contributed by atoms with E-state index in [1.165, 1.54) is 46.0 Å². The summed E-state index contributed by atoms with van der Waals surface area (Å²) in [6.45, 7) is 0. The fourth-order valence-corrected chi connectivity index (χ4v) is 4.85. The number of phenols is 1. The average Bonchev–Trinajstić information content (AvgIpc) is 3.20. The first-order valence-corrected chi connectivity index (χ1v) is 11.5. The normalized spacial score (nSPS) is 18.2. The summed E-state index contributed by atoms with van der Waals surface area (Å²) in [7, 11) is -7.42. The Balaban J connectivity index is 0.000000233. The summed E-state index contributed by atoms with van der Waals surface area (Å²) < 4.78 is 135. The molecule has 1 fully saturated rings. The highest BCUT2D eigenvalue weighted by molar-refractivity contribution is 7.86. The zero-order valence-electron chi connectivity index (χ0n) is 16.1. The molecule has 0 bridgehead atoms. The third-order valence-corrected chi connectivity index (χ3v) is 6.93. The molecule has 1 unspecified atom stereocenters. The minimum Gasteiger partial charge on any atom is -0.743 e. The van der Waals surface area contributed by atoms with Gasteiger partial charge in [0.15, 0.2) is 10.1 Å². The zero-order valence-corrected chi connectivity index (χ0v) is 17.8. The Kier molecular flexibility index (Phi) is 7.51. The number of hydrogen-bond donors (Lipinski definition) is 1. The van der Waals surface area contributed by atoms with Crippen molar-refractivity contribution in [1.82, 2.24) is 0 Å². The Morgan fingerprint density at radius 3 is 1.97 bits per heavy atom. The lowest BCUT2D eigenvalue weighted by Gasteiger charge is -2.34. The molecule has 1 saturated heterocycles. The van der Waals surface area contributed by atoms with Crippen molar-refractivity contribution in [3.8, 4) is 5.75 Å². The molecule has 33 heavy (non-hydrogen) atoms. The number of fused-ring (bicyclic) bond motifs is 1. The molecule has 0 radical (unpaired) electrons. The number of hydrogen-bond acceptors (Lipinski definition) is 4. The summed E-state index contributed by atoms with van der Waals surface area (Å²) in [5.41, 5.74) is 1.17. The van der Waals surface area contributed by atoms with Gasteiger partial charge >= 0.3 is 23.3 Å². The molecule has 15 heteroatoms. The van der Waals surface area contributed by atoms with Crippen LogP contribution in [0.1, 0.15) is 17.9 Å². The smallest absolute Gasteiger partial charge is 0.460 e. The van der Waals surface area contributed by atoms with Crippen molar-refractivity contribution in [3.63, 3.8) is 0 Å². The van der Waals surface area contributed by atoms with Crippen LogP contribution in [-0.4, -0.2) is 52.9 Å². The van der Waals surface area contributed by atoms with Gasteiger partial charge in [-0.3, -0.25) is 0 Å². The van der Waals surface area contributed by atoms with Crippen molar-refractivity contribution in [2.45, 2.75) is 35.6 Å². The molecule has 0 aliphatic carbocycles. The summed E-state index contributed by atoms with van der Waals surface area (Å²) in [6, 6.07) is 12.2. The first-order valence-electron chi connectivity index (χ1n) is 8.85. The summed E-state index contributed by atoms with van der Waals surface area (Å²) in [4.78, 5) is 0. The van der Waals surface area contributed by atoms with Gasteiger partial charge in [-0.15, -0.1) is 0 Å². The molecule has 0 spiro atoms. The van der Waals surface area contributed by atoms with E-state index in [1.54, 1.807) is 0 Å². The fraction of sp³-hybridized carbons (Fsp3) is 0.444. The number of thiol groups is 1. The molecule has 0 amide bonds. The predicted molar refractivity (Wildman–Crippen MR) is 102 cm³/mol. The summed E-state index contributed by atoms with van der Waals surface area (Å²) in [5, 5.41) is 5.42. The lowest BCUT2D eigenvalue weighted by atomic mass is 9.92. The van der Waals surface area contributed by atoms with Crippen molar-refractivity contribution in [3.05, 3.63) is 42.0 Å². The molecule has 2 aromatic carbocycles. The Bertz CT molecular complexity index is 1100. The summed E-state index contributed by atoms with van der Waals surface area (Å²) in [6.07, 6.45) is -5.95. The maximum absolute atomic E-state index is 12.2. The second kappa shape index (κ2) is 9.06. The number of halogens is 9. The highest BCUT2D eigenvalue weighted by atomic mass is 32.2. The standard InChI is InChI=1S/C14H14OS.C4HF9O3S/c15-13-6-5-10-3-1-2-4-12(10)14(13)11-7-8-16-9-11;5-1(6,3(9,10)11)2(7,8)4(12,13)17(14,15)16/h1-6,11,15H,7-9H2;(H,14,15,16). The van der Waals surface area contributed by atoms with E-state index in [0.717, 1.165) is 0 Å². The van der Waals surface area contributed by atoms with Gasteiger partial charge in [0.05, 0.1) is 0 Å². The van der Waals surface area contributed by atoms with Gasteiger partial charge in [-0.05, 0) is 28.6 Å². The van der Waals surface area contributed by atoms with Crippen molar-refractivity contribution in [1.29, 1.82) is 0 Å². The monoisotopic (exact) mass is 530 g/mol. The van der Waals surface area contributed by atoms with E-state index in [-0.39, 0.29) is 0 Å². The third kappa shape index (κ3) is 4.99. The molecular formula is C18H15F9O4S2. The maximum Gasteiger partial charge on any atom is 0.460 e. The van der Waals surface area contributed by atoms with Crippen molar-refractivity contribution < 1.29 is 57.6 Å². The molecule has 1 N–H and O–H groups in total. The fourth-order valence-electron chi connectivity index (χ4n) is 3.05. The number of aromatic hydroxyl groups is 1. The van der Waals surface area contributed by atoms with E-state index in [4.69, 9.17) is 0 Å². The van der Waals surface area contributed by atoms with Gasteiger partial charge in [0, 0.05) is 17.9 Å². The van der Waals surface area contributed by atoms with Crippen LogP contribution in [0.25, 0.3) is 10.8 Å². The second-order valence-electron chi connectivity index (χ2n) is 6.95. The molecule has 1 aliphatic heterocycles. The number of benzene rings is 2. The van der Waals surface area contributed by atoms with Crippen LogP contribution in [0.4, 0.5) is 39.5 Å². The molecular weight excluding hydrogens is 515 g/mol. The Morgan fingerprint density at radius 1 is 0.909 bits per heavy atom. The average molecular weight is 530 g/mol. The van der Waals surface area contributed by atoms with Gasteiger partial charge in [0.1, 0.15) is 17.3 Å². The Labute approximate surface area is 185 Å². The van der Waals surface area contributed by atoms with Crippen LogP contribution in [0.5, 0.6) is 5.75 Å². The van der Waals surface area contributed by atoms with Gasteiger partial charge in [0.2, 0.25) is 0 Å². The molecule has 1 heterocycles. The van der Waals surface area contributed by atoms with Gasteiger partial charge in [0.25, 0.3) is 0 Å². The number of rotatable bonds is 4. The Morgan fingerprint density at radius 2 is 1.48 bits per heavy atom. The molecule has 1 aliphatic rings. The Hall–Kier alpha value is -1.87. The van der Waals surface area contributed by atoms with Crippen LogP contribution in [0.2, 0.25) is 0 Å². The van der Waals surface area contributed by atoms with E-state index < -0.39 is 33.4 Å². The summed E-state index contributed by atoms with van der Waals surface area (Å²) in [5.74, 6) is -11.3. The predicted octanol–water partition coefficient (Wildman–Crippen LogP) is 4.80. The first kappa shape index (κ1) is 27.4. The lowest BCUT2D eigenvalue weighted by Crippen LogP contribution is -2.63. The van der Waals surface area contributed by atoms with Crippen molar-refractivity contribution in [2.75, 3.05) is 11.5 Å². The molecule has 0 aromatic heterocycles. The topological polar surface area (TPSA) is 77.4 Å². The lowest BCUT2D eigenvalue weighted by molar-refractivity contribution is -0.382. The minimum absolute atomic E-state index is 0.473. The van der Waals surface area contributed by atoms with Gasteiger partial charge in [-0.25, -0.2) is 8.42 Å². The van der Waals surface area contributed by atoms with Crippen LogP contribution in [0.3, 0.4) is 0 Å². The SMILES string of the molecule is O=S(=O)([O-])C(F)(F)C(F)(F)C(F)(F)C(F)(F)F.Oc1ccc2ccccc2c1C1CC[SH+]C1. The molecule has 1 atom stereocenters. The van der Waals surface area contributed by atoms with Crippen LogP contribution >= 0.6 is 0 Å². The second-order valence-corrected chi connectivity index (χ2v) is 9.63. The van der Waals surface area contributed by atoms with Gasteiger partial charge < -0.3 is 9.66 Å². The third-order valence-electron chi connectivity index (χ3n) is 4.77. The van der Waals surface area contributed by atoms with Crippen molar-refractivity contribution in [2.24, 2.45) is 0 Å². The van der Waals surface area contributed by atoms with Crippen LogP contribution < -0.4 is 0 Å². The van der Waals surface area contributed by atoms with Crippen LogP contribution in [0, 0.1) is 0 Å². The zero-order chi connectivity index (χ0) is 25.5. The van der Waals surface area contributed by atoms with E-state index in [0.29, 0.717) is 11.7 Å². The van der Waals surface area contributed by atoms with E-state index in [9.17, 15) is 57.6 Å². The van der Waals surface area contributed by atoms with Crippen molar-refractivity contribution >= 4 is 32.7 Å². The highest BCUT2D eigenvalue weighted by Gasteiger charge is 2.83. The van der Waals surface area contributed by atoms with E-state index in [2.05, 4.69) is 24.3 Å². The first-order chi connectivity index (χ1) is 14.9. The highest BCUT2D eigenvalue weighted by Crippen LogP contribution is 2.54. The largest absolute Gasteiger partial charge is 0.743 e. The van der Waals surface area contributed by atoms with Crippen LogP contribution in [0.15, 0.2) is 36.4 Å². The minimum atomic E-state index is -7.43. The number of phenolic OH excluding ortho intramolecular Hbond substituents is 1. The van der Waals surface area contributed by atoms with Gasteiger partial charge in [-0.1, -0.05) is 30.3 Å². The maximum atomic E-state index is 12.2. The van der Waals surface area contributed by atoms with Crippen LogP contribution in [-0.2, 0) is 21.9 Å². The molecule has 186 valence electrons. The van der Waals surface area contributed by atoms with E-state index >= 15 is 0 Å². The molecule has 4 nitrogen and oxygen atoms in total.